The van der Waals surface area contributed by atoms with E-state index in [0.29, 0.717) is 17.5 Å². The minimum Gasteiger partial charge on any atom is -0.504 e. The third-order valence-corrected chi connectivity index (χ3v) is 4.47. The number of rotatable bonds is 9. The molecule has 25 heavy (non-hydrogen) atoms. The number of hydrogen-bond acceptors (Lipinski definition) is 4. The average molecular weight is 348 g/mol. The van der Waals surface area contributed by atoms with Crippen LogP contribution >= 0.6 is 0 Å². The van der Waals surface area contributed by atoms with Crippen molar-refractivity contribution in [1.29, 1.82) is 0 Å². The van der Waals surface area contributed by atoms with Crippen molar-refractivity contribution in [3.05, 3.63) is 34.4 Å². The standard InChI is InChI=1S/C21H32O4/c1-7-9-14(2)10-8-11-15(3)12-13-17-16(4)18(22)20(24-5)21(25-6)19(17)23/h10,12,22-23H,7-9,11,13H2,1-6H3/b14-10-,15-12+. The fourth-order valence-electron chi connectivity index (χ4n) is 2.89. The summed E-state index contributed by atoms with van der Waals surface area (Å²) in [6.07, 6.45) is 9.27. The second-order valence-electron chi connectivity index (χ2n) is 6.46. The van der Waals surface area contributed by atoms with Crippen LogP contribution < -0.4 is 9.47 Å². The third-order valence-electron chi connectivity index (χ3n) is 4.47. The quantitative estimate of drug-likeness (QED) is 0.461. The minimum atomic E-state index is 0.0105. The Morgan fingerprint density at radius 1 is 0.920 bits per heavy atom. The van der Waals surface area contributed by atoms with Crippen LogP contribution in [0.25, 0.3) is 0 Å². The van der Waals surface area contributed by atoms with Crippen LogP contribution in [0.3, 0.4) is 0 Å². The maximum absolute atomic E-state index is 10.5. The Balaban J connectivity index is 2.92. The van der Waals surface area contributed by atoms with Gasteiger partial charge in [0, 0.05) is 11.1 Å². The second kappa shape index (κ2) is 10.0. The maximum atomic E-state index is 10.5. The number of ether oxygens (including phenoxy) is 2. The molecule has 0 saturated heterocycles. The van der Waals surface area contributed by atoms with Crippen molar-refractivity contribution in [1.82, 2.24) is 0 Å². The van der Waals surface area contributed by atoms with Crippen LogP contribution in [0.15, 0.2) is 23.3 Å². The van der Waals surface area contributed by atoms with Gasteiger partial charge in [0.25, 0.3) is 0 Å². The van der Waals surface area contributed by atoms with E-state index in [4.69, 9.17) is 9.47 Å². The van der Waals surface area contributed by atoms with Crippen molar-refractivity contribution in [2.24, 2.45) is 0 Å². The van der Waals surface area contributed by atoms with Gasteiger partial charge in [-0.2, -0.15) is 0 Å². The van der Waals surface area contributed by atoms with Gasteiger partial charge in [-0.05, 0) is 46.5 Å². The molecule has 4 nitrogen and oxygen atoms in total. The van der Waals surface area contributed by atoms with Gasteiger partial charge in [0.05, 0.1) is 14.2 Å². The molecule has 1 aromatic rings. The highest BCUT2D eigenvalue weighted by Gasteiger charge is 2.22. The van der Waals surface area contributed by atoms with E-state index in [-0.39, 0.29) is 23.0 Å². The highest BCUT2D eigenvalue weighted by Crippen LogP contribution is 2.48. The highest BCUT2D eigenvalue weighted by atomic mass is 16.5. The average Bonchev–Trinajstić information content (AvgIpc) is 2.58. The smallest absolute Gasteiger partial charge is 0.207 e. The first kappa shape index (κ1) is 20.9. The molecule has 0 heterocycles. The number of allylic oxidation sites excluding steroid dienone is 4. The van der Waals surface area contributed by atoms with Gasteiger partial charge >= 0.3 is 0 Å². The zero-order valence-corrected chi connectivity index (χ0v) is 16.4. The summed E-state index contributed by atoms with van der Waals surface area (Å²) in [7, 11) is 2.89. The van der Waals surface area contributed by atoms with Gasteiger partial charge in [0.2, 0.25) is 11.5 Å². The van der Waals surface area contributed by atoms with Crippen LogP contribution in [-0.2, 0) is 6.42 Å². The molecule has 0 radical (unpaired) electrons. The van der Waals surface area contributed by atoms with Crippen molar-refractivity contribution in [2.75, 3.05) is 14.2 Å². The molecule has 0 aliphatic rings. The Morgan fingerprint density at radius 2 is 1.48 bits per heavy atom. The van der Waals surface area contributed by atoms with Crippen LogP contribution in [0.4, 0.5) is 0 Å². The molecule has 0 amide bonds. The van der Waals surface area contributed by atoms with Crippen LogP contribution in [0.5, 0.6) is 23.0 Å². The molecule has 0 bridgehead atoms. The summed E-state index contributed by atoms with van der Waals surface area (Å²) < 4.78 is 10.3. The van der Waals surface area contributed by atoms with E-state index in [1.165, 1.54) is 31.8 Å². The fourth-order valence-corrected chi connectivity index (χ4v) is 2.89. The van der Waals surface area contributed by atoms with Gasteiger partial charge in [-0.25, -0.2) is 0 Å². The zero-order valence-electron chi connectivity index (χ0n) is 16.4. The van der Waals surface area contributed by atoms with Crippen LogP contribution in [-0.4, -0.2) is 24.4 Å². The number of phenols is 2. The number of phenolic OH excluding ortho intramolecular Hbond substituents is 2. The number of benzene rings is 1. The van der Waals surface area contributed by atoms with E-state index >= 15 is 0 Å². The van der Waals surface area contributed by atoms with Gasteiger partial charge in [0.1, 0.15) is 0 Å². The molecular weight excluding hydrogens is 316 g/mol. The van der Waals surface area contributed by atoms with Gasteiger partial charge in [-0.3, -0.25) is 0 Å². The Hall–Kier alpha value is -2.10. The van der Waals surface area contributed by atoms with E-state index < -0.39 is 0 Å². The molecule has 0 unspecified atom stereocenters. The predicted octanol–water partition coefficient (Wildman–Crippen LogP) is 5.44. The molecule has 140 valence electrons. The van der Waals surface area contributed by atoms with Crippen LogP contribution in [0, 0.1) is 6.92 Å². The molecule has 0 spiro atoms. The first-order chi connectivity index (χ1) is 11.9. The van der Waals surface area contributed by atoms with E-state index in [1.807, 2.05) is 0 Å². The molecule has 0 fully saturated rings. The van der Waals surface area contributed by atoms with Gasteiger partial charge in [-0.1, -0.05) is 36.6 Å². The first-order valence-electron chi connectivity index (χ1n) is 8.83. The Morgan fingerprint density at radius 3 is 2.04 bits per heavy atom. The van der Waals surface area contributed by atoms with E-state index in [2.05, 4.69) is 32.9 Å². The molecule has 2 N–H and O–H groups in total. The van der Waals surface area contributed by atoms with Gasteiger partial charge < -0.3 is 19.7 Å². The molecule has 1 rings (SSSR count). The third kappa shape index (κ3) is 5.45. The van der Waals surface area contributed by atoms with Crippen molar-refractivity contribution in [3.8, 4) is 23.0 Å². The Labute approximate surface area is 151 Å². The lowest BCUT2D eigenvalue weighted by Crippen LogP contribution is -1.98. The molecular formula is C21H32O4. The molecule has 4 heteroatoms. The SMILES string of the molecule is CCC/C(C)=C\CC/C(C)=C/Cc1c(C)c(O)c(OC)c(OC)c1O. The molecule has 1 aromatic carbocycles. The second-order valence-corrected chi connectivity index (χ2v) is 6.46. The van der Waals surface area contributed by atoms with Crippen LogP contribution in [0.1, 0.15) is 57.6 Å². The summed E-state index contributed by atoms with van der Waals surface area (Å²) in [6, 6.07) is 0. The normalized spacial score (nSPS) is 12.4. The van der Waals surface area contributed by atoms with E-state index in [1.54, 1.807) is 6.92 Å². The van der Waals surface area contributed by atoms with E-state index in [0.717, 1.165) is 19.3 Å². The highest BCUT2D eigenvalue weighted by molar-refractivity contribution is 5.66. The lowest BCUT2D eigenvalue weighted by Gasteiger charge is -2.17. The topological polar surface area (TPSA) is 58.9 Å². The minimum absolute atomic E-state index is 0.0105. The van der Waals surface area contributed by atoms with Gasteiger partial charge in [0.15, 0.2) is 11.5 Å². The molecule has 0 aliphatic carbocycles. The van der Waals surface area contributed by atoms with Crippen molar-refractivity contribution in [2.45, 2.75) is 59.8 Å². The van der Waals surface area contributed by atoms with E-state index in [9.17, 15) is 10.2 Å². The van der Waals surface area contributed by atoms with Crippen LogP contribution in [0.2, 0.25) is 0 Å². The summed E-state index contributed by atoms with van der Waals surface area (Å²) >= 11 is 0. The predicted molar refractivity (Wildman–Crippen MR) is 103 cm³/mol. The summed E-state index contributed by atoms with van der Waals surface area (Å²) in [5.41, 5.74) is 3.97. The zero-order chi connectivity index (χ0) is 19.0. The summed E-state index contributed by atoms with van der Waals surface area (Å²) in [5, 5.41) is 20.8. The Bertz CT molecular complexity index is 642. The van der Waals surface area contributed by atoms with Gasteiger partial charge in [-0.15, -0.1) is 0 Å². The molecule has 0 atom stereocenters. The maximum Gasteiger partial charge on any atom is 0.207 e. The largest absolute Gasteiger partial charge is 0.504 e. The lowest BCUT2D eigenvalue weighted by atomic mass is 9.99. The first-order valence-corrected chi connectivity index (χ1v) is 8.83. The number of hydrogen-bond donors (Lipinski definition) is 2. The molecule has 0 aromatic heterocycles. The molecule has 0 aliphatic heterocycles. The Kier molecular flexibility index (Phi) is 8.39. The summed E-state index contributed by atoms with van der Waals surface area (Å²) in [5.74, 6) is 0.372. The number of methoxy groups -OCH3 is 2. The van der Waals surface area contributed by atoms with Crippen molar-refractivity contribution < 1.29 is 19.7 Å². The molecule has 0 saturated carbocycles. The lowest BCUT2D eigenvalue weighted by molar-refractivity contribution is 0.314. The van der Waals surface area contributed by atoms with Crippen molar-refractivity contribution >= 4 is 0 Å². The fraction of sp³-hybridized carbons (Fsp3) is 0.524. The van der Waals surface area contributed by atoms with Crippen molar-refractivity contribution in [3.63, 3.8) is 0 Å². The summed E-state index contributed by atoms with van der Waals surface area (Å²) in [6.45, 7) is 8.23. The summed E-state index contributed by atoms with van der Waals surface area (Å²) in [4.78, 5) is 0. The number of aromatic hydroxyl groups is 2. The monoisotopic (exact) mass is 348 g/mol.